The molecule has 10 atom stereocenters. The van der Waals surface area contributed by atoms with E-state index in [1.165, 1.54) is 11.8 Å². The summed E-state index contributed by atoms with van der Waals surface area (Å²) in [6.07, 6.45) is -12.1. The molecule has 0 aromatic heterocycles. The number of aliphatic carboxylic acids is 1. The third-order valence-corrected chi connectivity index (χ3v) is 8.43. The molecule has 0 aromatic rings. The summed E-state index contributed by atoms with van der Waals surface area (Å²) in [4.78, 5) is 96.3. The van der Waals surface area contributed by atoms with Crippen LogP contribution >= 0.6 is 11.8 Å². The van der Waals surface area contributed by atoms with Gasteiger partial charge in [-0.15, -0.1) is 11.8 Å². The molecule has 2 heterocycles. The zero-order valence-electron chi connectivity index (χ0n) is 29.9. The minimum absolute atomic E-state index is 0.0160. The Balaban J connectivity index is 2.64. The van der Waals surface area contributed by atoms with Gasteiger partial charge in [0.1, 0.15) is 37.0 Å². The molecule has 20 heteroatoms. The van der Waals surface area contributed by atoms with Gasteiger partial charge in [-0.2, -0.15) is 0 Å². The van der Waals surface area contributed by atoms with Crippen molar-refractivity contribution in [2.75, 3.05) is 19.0 Å². The quantitative estimate of drug-likeness (QED) is 0.116. The lowest BCUT2D eigenvalue weighted by Gasteiger charge is -2.48. The van der Waals surface area contributed by atoms with E-state index >= 15 is 0 Å². The van der Waals surface area contributed by atoms with Gasteiger partial charge < -0.3 is 52.5 Å². The van der Waals surface area contributed by atoms with Gasteiger partial charge in [-0.05, 0) is 18.6 Å². The lowest BCUT2D eigenvalue weighted by atomic mass is 9.96. The molecule has 0 saturated carbocycles. The molecule has 0 spiro atoms. The van der Waals surface area contributed by atoms with E-state index in [2.05, 4.69) is 0 Å². The van der Waals surface area contributed by atoms with Gasteiger partial charge in [-0.25, -0.2) is 0 Å². The van der Waals surface area contributed by atoms with Gasteiger partial charge in [0.25, 0.3) is 0 Å². The molecule has 52 heavy (non-hydrogen) atoms. The number of carbonyl (C=O) groups excluding carboxylic acids is 7. The summed E-state index contributed by atoms with van der Waals surface area (Å²) in [6.45, 7) is 6.49. The average molecular weight is 767 g/mol. The molecule has 0 unspecified atom stereocenters. The topological polar surface area (TPSA) is 249 Å². The Labute approximate surface area is 303 Å². The maximum absolute atomic E-state index is 12.5. The van der Waals surface area contributed by atoms with Gasteiger partial charge >= 0.3 is 47.8 Å². The van der Waals surface area contributed by atoms with Crippen molar-refractivity contribution in [1.29, 1.82) is 0 Å². The highest BCUT2D eigenvalue weighted by molar-refractivity contribution is 7.99. The maximum Gasteiger partial charge on any atom is 0.303 e. The van der Waals surface area contributed by atoms with Crippen molar-refractivity contribution in [2.24, 2.45) is 0 Å². The summed E-state index contributed by atoms with van der Waals surface area (Å²) in [5.41, 5.74) is -1.04. The van der Waals surface area contributed by atoms with Gasteiger partial charge in [-0.1, -0.05) is 6.42 Å². The summed E-state index contributed by atoms with van der Waals surface area (Å²) in [5, 5.41) is 8.92. The second-order valence-corrected chi connectivity index (χ2v) is 12.9. The molecule has 2 saturated heterocycles. The molecule has 0 aliphatic carbocycles. The Morgan fingerprint density at radius 2 is 0.962 bits per heavy atom. The van der Waals surface area contributed by atoms with Crippen LogP contribution in [-0.2, 0) is 85.7 Å². The van der Waals surface area contributed by atoms with Crippen molar-refractivity contribution in [1.82, 2.24) is 0 Å². The SMILES string of the molecule is CC(=O)OC[C@H]1O[C@@H](O[C@H]2[C@H](OC(C)=O)[C@@H](OC(C)=O)[C@H](SCCCCCC(=O)O)O[C@@H]2COC(C)=O)[C@H](OC(C)=O)[C@@H](OC(C)=O)[C@H]1OC(C)=O. The summed E-state index contributed by atoms with van der Waals surface area (Å²) in [7, 11) is 0. The minimum Gasteiger partial charge on any atom is -0.481 e. The predicted molar refractivity (Wildman–Crippen MR) is 172 cm³/mol. The minimum atomic E-state index is -1.77. The van der Waals surface area contributed by atoms with E-state index in [0.29, 0.717) is 25.0 Å². The second-order valence-electron chi connectivity index (χ2n) is 11.7. The number of carboxylic acids is 1. The lowest BCUT2D eigenvalue weighted by Crippen LogP contribution is -2.66. The first-order valence-electron chi connectivity index (χ1n) is 16.3. The molecule has 19 nitrogen and oxygen atoms in total. The summed E-state index contributed by atoms with van der Waals surface area (Å²) in [5.74, 6) is -6.31. The highest BCUT2D eigenvalue weighted by Crippen LogP contribution is 2.38. The fourth-order valence-electron chi connectivity index (χ4n) is 5.36. The molecule has 0 aromatic carbocycles. The van der Waals surface area contributed by atoms with E-state index < -0.39 is 122 Å². The largest absolute Gasteiger partial charge is 0.481 e. The number of hydrogen-bond acceptors (Lipinski definition) is 19. The van der Waals surface area contributed by atoms with Gasteiger partial charge in [0.05, 0.1) is 0 Å². The fraction of sp³-hybridized carbons (Fsp3) is 0.750. The zero-order chi connectivity index (χ0) is 39.1. The maximum atomic E-state index is 12.5. The monoisotopic (exact) mass is 766 g/mol. The number of carbonyl (C=O) groups is 8. The van der Waals surface area contributed by atoms with Crippen LogP contribution in [-0.4, -0.2) is 132 Å². The van der Waals surface area contributed by atoms with Crippen LogP contribution in [0, 0.1) is 0 Å². The molecular weight excluding hydrogens is 720 g/mol. The second kappa shape index (κ2) is 21.5. The van der Waals surface area contributed by atoms with Gasteiger partial charge in [-0.3, -0.25) is 38.4 Å². The van der Waals surface area contributed by atoms with E-state index in [1.54, 1.807) is 0 Å². The first-order valence-corrected chi connectivity index (χ1v) is 17.4. The Hall–Kier alpha value is -4.01. The number of esters is 7. The van der Waals surface area contributed by atoms with Crippen molar-refractivity contribution in [3.8, 4) is 0 Å². The van der Waals surface area contributed by atoms with Crippen LogP contribution in [0.1, 0.15) is 74.1 Å². The summed E-state index contributed by atoms with van der Waals surface area (Å²) < 4.78 is 56.6. The third-order valence-electron chi connectivity index (χ3n) is 7.20. The van der Waals surface area contributed by atoms with Crippen molar-refractivity contribution in [3.05, 3.63) is 0 Å². The smallest absolute Gasteiger partial charge is 0.303 e. The van der Waals surface area contributed by atoms with Crippen molar-refractivity contribution < 1.29 is 90.8 Å². The van der Waals surface area contributed by atoms with Gasteiger partial charge in [0.2, 0.25) is 0 Å². The normalized spacial score (nSPS) is 28.4. The van der Waals surface area contributed by atoms with Crippen LogP contribution in [0.25, 0.3) is 0 Å². The van der Waals surface area contributed by atoms with Crippen LogP contribution in [0.4, 0.5) is 0 Å². The van der Waals surface area contributed by atoms with E-state index in [-0.39, 0.29) is 6.42 Å². The molecule has 2 aliphatic rings. The lowest BCUT2D eigenvalue weighted by molar-refractivity contribution is -0.341. The Bertz CT molecular complexity index is 1290. The molecular formula is C32H46O19S. The Morgan fingerprint density at radius 1 is 0.519 bits per heavy atom. The van der Waals surface area contributed by atoms with E-state index in [4.69, 9.17) is 52.5 Å². The van der Waals surface area contributed by atoms with Crippen molar-refractivity contribution in [2.45, 2.75) is 135 Å². The number of rotatable bonds is 18. The molecule has 0 amide bonds. The van der Waals surface area contributed by atoms with Gasteiger partial charge in [0.15, 0.2) is 36.8 Å². The van der Waals surface area contributed by atoms with Crippen LogP contribution in [0.15, 0.2) is 0 Å². The molecule has 0 radical (unpaired) electrons. The first kappa shape index (κ1) is 44.2. The number of carboxylic acid groups (broad SMARTS) is 1. The van der Waals surface area contributed by atoms with E-state index in [9.17, 15) is 38.4 Å². The van der Waals surface area contributed by atoms with Crippen molar-refractivity contribution >= 4 is 59.5 Å². The zero-order valence-corrected chi connectivity index (χ0v) is 30.7. The number of unbranched alkanes of at least 4 members (excludes halogenated alkanes) is 2. The summed E-state index contributed by atoms with van der Waals surface area (Å²) in [6, 6.07) is 0. The van der Waals surface area contributed by atoms with Crippen LogP contribution in [0.3, 0.4) is 0 Å². The number of hydrogen-bond donors (Lipinski definition) is 1. The number of ether oxygens (including phenoxy) is 10. The van der Waals surface area contributed by atoms with E-state index in [0.717, 1.165) is 48.5 Å². The fourth-order valence-corrected chi connectivity index (χ4v) is 6.59. The highest BCUT2D eigenvalue weighted by atomic mass is 32.2. The van der Waals surface area contributed by atoms with Crippen LogP contribution in [0.2, 0.25) is 0 Å². The Morgan fingerprint density at radius 3 is 1.44 bits per heavy atom. The molecule has 2 aliphatic heterocycles. The molecule has 0 bridgehead atoms. The number of thioether (sulfide) groups is 1. The highest BCUT2D eigenvalue weighted by Gasteiger charge is 2.57. The average Bonchev–Trinajstić information content (AvgIpc) is 3.00. The molecule has 294 valence electrons. The third kappa shape index (κ3) is 14.9. The molecule has 2 fully saturated rings. The predicted octanol–water partition coefficient (Wildman–Crippen LogP) is 0.984. The van der Waals surface area contributed by atoms with E-state index in [1.807, 2.05) is 0 Å². The van der Waals surface area contributed by atoms with Crippen LogP contribution < -0.4 is 0 Å². The standard InChI is InChI=1S/C32H46O19S/c1-15(33)42-13-22-25(44-17(3)35)27(45-18(4)36)29(47-20(6)38)31(49-22)51-26-23(14-43-16(2)34)50-32(52-12-10-8-9-11-24(40)41)30(48-21(7)39)28(26)46-19(5)37/h22-23,25-32H,8-14H2,1-7H3,(H,40,41)/t22-,23-,25+,26-,27+,28+,29-,30-,31+,32+/m1/s1. The molecule has 2 rings (SSSR count). The molecule has 1 N–H and O–H groups in total. The summed E-state index contributed by atoms with van der Waals surface area (Å²) >= 11 is 1.17. The van der Waals surface area contributed by atoms with Crippen molar-refractivity contribution in [3.63, 3.8) is 0 Å². The van der Waals surface area contributed by atoms with Crippen LogP contribution in [0.5, 0.6) is 0 Å². The van der Waals surface area contributed by atoms with Gasteiger partial charge in [0, 0.05) is 54.9 Å². The Kier molecular flexibility index (Phi) is 18.3. The first-order chi connectivity index (χ1) is 24.4.